The molecule has 1 amide bonds. The first-order chi connectivity index (χ1) is 16.1. The van der Waals surface area contributed by atoms with Crippen molar-refractivity contribution in [3.8, 4) is 11.5 Å². The normalized spacial score (nSPS) is 17.3. The molecule has 1 aliphatic heterocycles. The lowest BCUT2D eigenvalue weighted by Crippen LogP contribution is -2.45. The molecule has 12 heteroatoms. The molecule has 0 bridgehead atoms. The van der Waals surface area contributed by atoms with Crippen LogP contribution in [0.2, 0.25) is 0 Å². The predicted molar refractivity (Wildman–Crippen MR) is 133 cm³/mol. The molecule has 0 spiro atoms. The molecule has 1 aliphatic rings. The minimum Gasteiger partial charge on any atom is -0.497 e. The van der Waals surface area contributed by atoms with Gasteiger partial charge in [-0.25, -0.2) is 21.1 Å². The van der Waals surface area contributed by atoms with Crippen LogP contribution < -0.4 is 19.1 Å². The summed E-state index contributed by atoms with van der Waals surface area (Å²) in [6, 6.07) is 10.3. The second-order valence-electron chi connectivity index (χ2n) is 9.14. The zero-order valence-corrected chi connectivity index (χ0v) is 22.2. The minimum absolute atomic E-state index is 0.0131. The number of sulfonamides is 2. The molecule has 2 aromatic carbocycles. The molecule has 0 fully saturated rings. The van der Waals surface area contributed by atoms with Crippen molar-refractivity contribution in [1.29, 1.82) is 0 Å². The third-order valence-corrected chi connectivity index (χ3v) is 8.57. The Hall–Kier alpha value is -2.83. The maximum atomic E-state index is 13.0. The van der Waals surface area contributed by atoms with Gasteiger partial charge in [0.25, 0.3) is 0 Å². The molecule has 1 heterocycles. The van der Waals surface area contributed by atoms with Gasteiger partial charge in [-0.15, -0.1) is 0 Å². The molecule has 1 atom stereocenters. The summed E-state index contributed by atoms with van der Waals surface area (Å²) in [6.45, 7) is 3.34. The maximum absolute atomic E-state index is 13.0. The van der Waals surface area contributed by atoms with Crippen molar-refractivity contribution in [3.63, 3.8) is 0 Å². The fourth-order valence-electron chi connectivity index (χ4n) is 3.85. The number of anilines is 1. The fourth-order valence-corrected chi connectivity index (χ4v) is 5.61. The molecule has 1 N–H and O–H groups in total. The fraction of sp³-hybridized carbons (Fsp3) is 0.435. The third kappa shape index (κ3) is 6.06. The summed E-state index contributed by atoms with van der Waals surface area (Å²) in [5, 5.41) is 2.92. The number of methoxy groups -OCH3 is 1. The summed E-state index contributed by atoms with van der Waals surface area (Å²) in [6.07, 6.45) is 1.46. The van der Waals surface area contributed by atoms with Gasteiger partial charge in [0, 0.05) is 26.1 Å². The van der Waals surface area contributed by atoms with E-state index in [1.54, 1.807) is 25.3 Å². The molecule has 35 heavy (non-hydrogen) atoms. The van der Waals surface area contributed by atoms with Crippen LogP contribution in [0.3, 0.4) is 0 Å². The van der Waals surface area contributed by atoms with Crippen LogP contribution in [0.5, 0.6) is 11.5 Å². The molecule has 10 nitrogen and oxygen atoms in total. The van der Waals surface area contributed by atoms with E-state index in [2.05, 4.69) is 5.32 Å². The molecule has 0 aliphatic carbocycles. The second-order valence-corrected chi connectivity index (χ2v) is 13.2. The van der Waals surface area contributed by atoms with Crippen LogP contribution in [-0.4, -0.2) is 66.7 Å². The van der Waals surface area contributed by atoms with Gasteiger partial charge < -0.3 is 14.8 Å². The summed E-state index contributed by atoms with van der Waals surface area (Å²) >= 11 is 0. The van der Waals surface area contributed by atoms with Crippen LogP contribution in [0.4, 0.5) is 5.69 Å². The Morgan fingerprint density at radius 3 is 2.29 bits per heavy atom. The SMILES string of the molecule is COc1ccc2c(c1)C(NC(=O)CN(c1ccc(S(=O)(=O)N(C)C)cc1)S(C)(=O)=O)CC(C)(C)O2. The standard InChI is InChI=1S/C23H31N3O7S2/c1-23(2)14-20(19-13-17(32-5)9-12-21(19)33-23)24-22(27)15-26(34(6,28)29)16-7-10-18(11-8-16)35(30,31)25(3)4/h7-13,20H,14-15H2,1-6H3,(H,24,27). The minimum atomic E-state index is -3.84. The summed E-state index contributed by atoms with van der Waals surface area (Å²) in [4.78, 5) is 13.1. The van der Waals surface area contributed by atoms with E-state index in [4.69, 9.17) is 9.47 Å². The van der Waals surface area contributed by atoms with Crippen LogP contribution in [0.15, 0.2) is 47.4 Å². The highest BCUT2D eigenvalue weighted by molar-refractivity contribution is 7.92. The largest absolute Gasteiger partial charge is 0.497 e. The number of carbonyl (C=O) groups is 1. The van der Waals surface area contributed by atoms with Crippen molar-refractivity contribution >= 4 is 31.6 Å². The molecule has 2 aromatic rings. The van der Waals surface area contributed by atoms with E-state index in [9.17, 15) is 21.6 Å². The molecular weight excluding hydrogens is 494 g/mol. The average Bonchev–Trinajstić information content (AvgIpc) is 2.75. The highest BCUT2D eigenvalue weighted by atomic mass is 32.2. The number of fused-ring (bicyclic) bond motifs is 1. The highest BCUT2D eigenvalue weighted by Gasteiger charge is 2.35. The smallest absolute Gasteiger partial charge is 0.242 e. The lowest BCUT2D eigenvalue weighted by molar-refractivity contribution is -0.120. The number of carbonyl (C=O) groups excluding carboxylic acids is 1. The van der Waals surface area contributed by atoms with E-state index in [-0.39, 0.29) is 10.6 Å². The number of nitrogens with one attached hydrogen (secondary N) is 1. The van der Waals surface area contributed by atoms with Crippen molar-refractivity contribution in [1.82, 2.24) is 9.62 Å². The molecular formula is C23H31N3O7S2. The van der Waals surface area contributed by atoms with Gasteiger partial charge in [0.15, 0.2) is 0 Å². The van der Waals surface area contributed by atoms with Crippen LogP contribution >= 0.6 is 0 Å². The molecule has 3 rings (SSSR count). The third-order valence-electron chi connectivity index (χ3n) is 5.60. The summed E-state index contributed by atoms with van der Waals surface area (Å²) < 4.78 is 63.0. The van der Waals surface area contributed by atoms with Crippen molar-refractivity contribution < 1.29 is 31.1 Å². The zero-order chi connectivity index (χ0) is 26.2. The van der Waals surface area contributed by atoms with Gasteiger partial charge in [-0.1, -0.05) is 0 Å². The lowest BCUT2D eigenvalue weighted by atomic mass is 9.89. The first kappa shape index (κ1) is 26.8. The first-order valence-electron chi connectivity index (χ1n) is 10.8. The number of rotatable bonds is 8. The van der Waals surface area contributed by atoms with Crippen LogP contribution in [0.1, 0.15) is 31.9 Å². The number of benzene rings is 2. The summed E-state index contributed by atoms with van der Waals surface area (Å²) in [5.41, 5.74) is 0.361. The topological polar surface area (TPSA) is 122 Å². The molecule has 1 unspecified atom stereocenters. The maximum Gasteiger partial charge on any atom is 0.242 e. The van der Waals surface area contributed by atoms with E-state index in [0.29, 0.717) is 17.9 Å². The number of hydrogen-bond donors (Lipinski definition) is 1. The Bertz CT molecular complexity index is 1310. The summed E-state index contributed by atoms with van der Waals surface area (Å²) in [5.74, 6) is 0.707. The van der Waals surface area contributed by atoms with Gasteiger partial charge in [-0.2, -0.15) is 0 Å². The van der Waals surface area contributed by atoms with Crippen molar-refractivity contribution in [3.05, 3.63) is 48.0 Å². The van der Waals surface area contributed by atoms with Crippen LogP contribution in [-0.2, 0) is 24.8 Å². The van der Waals surface area contributed by atoms with E-state index in [1.807, 2.05) is 13.8 Å². The molecule has 0 saturated carbocycles. The van der Waals surface area contributed by atoms with Crippen molar-refractivity contribution in [2.75, 3.05) is 38.3 Å². The van der Waals surface area contributed by atoms with Gasteiger partial charge in [0.05, 0.1) is 30.0 Å². The van der Waals surface area contributed by atoms with Gasteiger partial charge in [-0.3, -0.25) is 9.10 Å². The van der Waals surface area contributed by atoms with Gasteiger partial charge >= 0.3 is 0 Å². The number of hydrogen-bond acceptors (Lipinski definition) is 7. The Morgan fingerprint density at radius 2 is 1.74 bits per heavy atom. The number of nitrogens with zero attached hydrogens (tertiary/aromatic N) is 2. The molecule has 192 valence electrons. The Labute approximate surface area is 206 Å². The Balaban J connectivity index is 1.86. The second kappa shape index (κ2) is 9.67. The first-order valence-corrected chi connectivity index (χ1v) is 14.1. The van der Waals surface area contributed by atoms with E-state index < -0.39 is 44.1 Å². The zero-order valence-electron chi connectivity index (χ0n) is 20.6. The highest BCUT2D eigenvalue weighted by Crippen LogP contribution is 2.41. The van der Waals surface area contributed by atoms with Gasteiger partial charge in [0.2, 0.25) is 26.0 Å². The molecule has 0 radical (unpaired) electrons. The average molecular weight is 526 g/mol. The quantitative estimate of drug-likeness (QED) is 0.560. The number of ether oxygens (including phenoxy) is 2. The predicted octanol–water partition coefficient (Wildman–Crippen LogP) is 2.13. The molecule has 0 saturated heterocycles. The Morgan fingerprint density at radius 1 is 1.11 bits per heavy atom. The van der Waals surface area contributed by atoms with Gasteiger partial charge in [-0.05, 0) is 56.3 Å². The number of amides is 1. The van der Waals surface area contributed by atoms with E-state index in [0.717, 1.165) is 20.4 Å². The van der Waals surface area contributed by atoms with E-state index >= 15 is 0 Å². The van der Waals surface area contributed by atoms with Crippen LogP contribution in [0, 0.1) is 0 Å². The van der Waals surface area contributed by atoms with Gasteiger partial charge in [0.1, 0.15) is 23.6 Å². The van der Waals surface area contributed by atoms with Crippen molar-refractivity contribution in [2.45, 2.75) is 36.8 Å². The van der Waals surface area contributed by atoms with Crippen molar-refractivity contribution in [2.24, 2.45) is 0 Å². The summed E-state index contributed by atoms with van der Waals surface area (Å²) in [7, 11) is -3.17. The Kier molecular flexibility index (Phi) is 7.39. The lowest BCUT2D eigenvalue weighted by Gasteiger charge is -2.38. The van der Waals surface area contributed by atoms with Crippen LogP contribution in [0.25, 0.3) is 0 Å². The molecule has 0 aromatic heterocycles. The monoisotopic (exact) mass is 525 g/mol. The van der Waals surface area contributed by atoms with E-state index in [1.165, 1.54) is 38.4 Å².